The summed E-state index contributed by atoms with van der Waals surface area (Å²) in [7, 11) is 0. The zero-order chi connectivity index (χ0) is 13.7. The highest BCUT2D eigenvalue weighted by Crippen LogP contribution is 2.01. The van der Waals surface area contributed by atoms with Gasteiger partial charge < -0.3 is 21.3 Å². The molecule has 1 aromatic heterocycles. The number of rotatable bonds is 5. The minimum atomic E-state index is -1.97. The number of carbonyl (C=O) groups excluding carboxylic acids is 1. The lowest BCUT2D eigenvalue weighted by molar-refractivity contribution is -0.153. The first-order valence-corrected chi connectivity index (χ1v) is 4.85. The highest BCUT2D eigenvalue weighted by atomic mass is 16.4. The molecule has 0 aliphatic carbocycles. The molecule has 0 fully saturated rings. The number of pyridine rings is 1. The molecule has 96 valence electrons. The Balaban J connectivity index is 2.63. The summed E-state index contributed by atoms with van der Waals surface area (Å²) in [5.41, 5.74) is 6.18. The normalized spacial score (nSPS) is 10.1. The van der Waals surface area contributed by atoms with Gasteiger partial charge in [0.2, 0.25) is 11.9 Å². The van der Waals surface area contributed by atoms with Gasteiger partial charge in [0.25, 0.3) is 0 Å². The van der Waals surface area contributed by atoms with Crippen molar-refractivity contribution in [2.45, 2.75) is 12.5 Å². The van der Waals surface area contributed by atoms with Crippen molar-refractivity contribution in [3.8, 4) is 0 Å². The van der Waals surface area contributed by atoms with Gasteiger partial charge in [-0.1, -0.05) is 0 Å². The summed E-state index contributed by atoms with van der Waals surface area (Å²) < 4.78 is 0. The Morgan fingerprint density at radius 1 is 1.28 bits per heavy atom. The molecule has 0 atom stereocenters. The summed E-state index contributed by atoms with van der Waals surface area (Å²) in [6.45, 7) is 0. The average Bonchev–Trinajstić information content (AvgIpc) is 2.28. The fourth-order valence-corrected chi connectivity index (χ4v) is 1.15. The van der Waals surface area contributed by atoms with E-state index < -0.39 is 23.9 Å². The number of aliphatic carboxylic acids is 2. The number of hydrogen-bond donors (Lipinski definition) is 4. The summed E-state index contributed by atoms with van der Waals surface area (Å²) >= 11 is 0. The predicted molar refractivity (Wildman–Crippen MR) is 59.6 cm³/mol. The molecule has 8 heteroatoms. The molecule has 0 aromatic carbocycles. The van der Waals surface area contributed by atoms with E-state index in [1.165, 1.54) is 18.3 Å². The third-order valence-electron chi connectivity index (χ3n) is 1.99. The largest absolute Gasteiger partial charge is 0.479 e. The van der Waals surface area contributed by atoms with Gasteiger partial charge in [-0.05, 0) is 12.1 Å². The van der Waals surface area contributed by atoms with Crippen molar-refractivity contribution in [3.63, 3.8) is 0 Å². The van der Waals surface area contributed by atoms with Crippen molar-refractivity contribution in [3.05, 3.63) is 24.0 Å². The van der Waals surface area contributed by atoms with E-state index in [1.807, 2.05) is 5.32 Å². The van der Waals surface area contributed by atoms with Crippen LogP contribution in [0.2, 0.25) is 0 Å². The van der Waals surface area contributed by atoms with Crippen LogP contribution < -0.4 is 11.1 Å². The molecular weight excluding hydrogens is 242 g/mol. The van der Waals surface area contributed by atoms with Gasteiger partial charge in [-0.25, -0.2) is 9.59 Å². The van der Waals surface area contributed by atoms with E-state index >= 15 is 0 Å². The zero-order valence-corrected chi connectivity index (χ0v) is 9.16. The monoisotopic (exact) mass is 253 g/mol. The first kappa shape index (κ1) is 13.4. The molecule has 5 N–H and O–H groups in total. The van der Waals surface area contributed by atoms with Crippen LogP contribution in [0.3, 0.4) is 0 Å². The van der Waals surface area contributed by atoms with E-state index in [0.717, 1.165) is 0 Å². The van der Waals surface area contributed by atoms with E-state index in [9.17, 15) is 14.4 Å². The second-order valence-electron chi connectivity index (χ2n) is 3.44. The lowest BCUT2D eigenvalue weighted by Crippen LogP contribution is -2.47. The molecule has 1 aromatic rings. The van der Waals surface area contributed by atoms with E-state index in [4.69, 9.17) is 15.9 Å². The molecule has 8 nitrogen and oxygen atoms in total. The molecular formula is C10H11N3O5. The van der Waals surface area contributed by atoms with Crippen molar-refractivity contribution in [1.29, 1.82) is 0 Å². The van der Waals surface area contributed by atoms with Crippen LogP contribution in [0.25, 0.3) is 0 Å². The summed E-state index contributed by atoms with van der Waals surface area (Å²) in [6, 6.07) is 1.05. The van der Waals surface area contributed by atoms with Crippen LogP contribution in [0.4, 0.5) is 5.69 Å². The third kappa shape index (κ3) is 3.74. The molecule has 0 aliphatic rings. The number of carbonyl (C=O) groups is 3. The molecule has 18 heavy (non-hydrogen) atoms. The Morgan fingerprint density at radius 2 is 1.89 bits per heavy atom. The smallest absolute Gasteiger partial charge is 0.338 e. The molecule has 1 rings (SSSR count). The Labute approximate surface area is 101 Å². The Bertz CT molecular complexity index is 457. The van der Waals surface area contributed by atoms with Gasteiger partial charge in [-0.3, -0.25) is 9.78 Å². The van der Waals surface area contributed by atoms with E-state index in [1.54, 1.807) is 0 Å². The van der Waals surface area contributed by atoms with Gasteiger partial charge in [-0.2, -0.15) is 0 Å². The second-order valence-corrected chi connectivity index (χ2v) is 3.44. The van der Waals surface area contributed by atoms with Gasteiger partial charge in [-0.15, -0.1) is 0 Å². The van der Waals surface area contributed by atoms with Crippen LogP contribution in [0.15, 0.2) is 18.3 Å². The standard InChI is InChI=1S/C10H11N3O5/c11-5-1-2-6(12-4-5)3-7(14)13-8(9(15)16)10(17)18/h1-2,4,8H,3,11H2,(H,13,14)(H,15,16)(H,17,18). The van der Waals surface area contributed by atoms with Gasteiger partial charge in [0.05, 0.1) is 18.3 Å². The number of nitrogens with one attached hydrogen (secondary N) is 1. The number of hydrogen-bond acceptors (Lipinski definition) is 5. The molecule has 1 amide bonds. The van der Waals surface area contributed by atoms with E-state index in [0.29, 0.717) is 11.4 Å². The SMILES string of the molecule is Nc1ccc(CC(=O)NC(C(=O)O)C(=O)O)nc1. The maximum Gasteiger partial charge on any atom is 0.338 e. The summed E-state index contributed by atoms with van der Waals surface area (Å²) in [6.07, 6.45) is 1.12. The van der Waals surface area contributed by atoms with Crippen molar-refractivity contribution >= 4 is 23.5 Å². The maximum absolute atomic E-state index is 11.4. The number of nitrogen functional groups attached to an aromatic ring is 1. The number of amides is 1. The fraction of sp³-hybridized carbons (Fsp3) is 0.200. The molecule has 0 radical (unpaired) electrons. The second kappa shape index (κ2) is 5.62. The Morgan fingerprint density at radius 3 is 2.33 bits per heavy atom. The Kier molecular flexibility index (Phi) is 4.19. The summed E-state index contributed by atoms with van der Waals surface area (Å²) in [5, 5.41) is 19.0. The first-order chi connectivity index (χ1) is 8.40. The van der Waals surface area contributed by atoms with E-state index in [-0.39, 0.29) is 6.42 Å². The Hall–Kier alpha value is -2.64. The predicted octanol–water partition coefficient (Wildman–Crippen LogP) is -1.14. The van der Waals surface area contributed by atoms with Crippen LogP contribution in [0, 0.1) is 0 Å². The van der Waals surface area contributed by atoms with Crippen LogP contribution >= 0.6 is 0 Å². The van der Waals surface area contributed by atoms with Crippen molar-refractivity contribution in [2.24, 2.45) is 0 Å². The first-order valence-electron chi connectivity index (χ1n) is 4.85. The number of nitrogens with zero attached hydrogens (tertiary/aromatic N) is 1. The van der Waals surface area contributed by atoms with Crippen LogP contribution in [0.5, 0.6) is 0 Å². The van der Waals surface area contributed by atoms with Crippen LogP contribution in [0.1, 0.15) is 5.69 Å². The highest BCUT2D eigenvalue weighted by Gasteiger charge is 2.27. The van der Waals surface area contributed by atoms with Crippen molar-refractivity contribution in [2.75, 3.05) is 5.73 Å². The maximum atomic E-state index is 11.4. The number of carboxylic acids is 2. The highest BCUT2D eigenvalue weighted by molar-refractivity contribution is 6.00. The number of aromatic nitrogens is 1. The number of anilines is 1. The van der Waals surface area contributed by atoms with Gasteiger partial charge in [0.15, 0.2) is 0 Å². The van der Waals surface area contributed by atoms with E-state index in [2.05, 4.69) is 4.98 Å². The third-order valence-corrected chi connectivity index (χ3v) is 1.99. The zero-order valence-electron chi connectivity index (χ0n) is 9.16. The molecule has 0 saturated carbocycles. The van der Waals surface area contributed by atoms with Gasteiger partial charge in [0.1, 0.15) is 0 Å². The number of carboxylic acid groups (broad SMARTS) is 2. The van der Waals surface area contributed by atoms with Crippen LogP contribution in [-0.4, -0.2) is 39.1 Å². The number of nitrogens with two attached hydrogens (primary N) is 1. The summed E-state index contributed by atoms with van der Waals surface area (Å²) in [4.78, 5) is 36.3. The quantitative estimate of drug-likeness (QED) is 0.485. The van der Waals surface area contributed by atoms with Gasteiger partial charge >= 0.3 is 11.9 Å². The lowest BCUT2D eigenvalue weighted by atomic mass is 10.2. The van der Waals surface area contributed by atoms with Crippen LogP contribution in [-0.2, 0) is 20.8 Å². The van der Waals surface area contributed by atoms with Crippen molar-refractivity contribution in [1.82, 2.24) is 10.3 Å². The molecule has 0 aliphatic heterocycles. The fourth-order valence-electron chi connectivity index (χ4n) is 1.15. The lowest BCUT2D eigenvalue weighted by Gasteiger charge is -2.09. The van der Waals surface area contributed by atoms with Gasteiger partial charge in [0, 0.05) is 5.69 Å². The topological polar surface area (TPSA) is 143 Å². The minimum absolute atomic E-state index is 0.225. The average molecular weight is 253 g/mol. The molecule has 0 saturated heterocycles. The molecule has 1 heterocycles. The molecule has 0 unspecified atom stereocenters. The molecule has 0 spiro atoms. The minimum Gasteiger partial charge on any atom is -0.479 e. The van der Waals surface area contributed by atoms with Crippen molar-refractivity contribution < 1.29 is 24.6 Å². The summed E-state index contributed by atoms with van der Waals surface area (Å²) in [5.74, 6) is -4.02. The molecule has 0 bridgehead atoms.